The molecule has 4 nitrogen and oxygen atoms in total. The molecule has 0 radical (unpaired) electrons. The zero-order chi connectivity index (χ0) is 18.2. The van der Waals surface area contributed by atoms with Crippen LogP contribution in [-0.4, -0.2) is 57.5 Å². The van der Waals surface area contributed by atoms with E-state index in [-0.39, 0.29) is 24.0 Å². The minimum atomic E-state index is 0. The van der Waals surface area contributed by atoms with Crippen LogP contribution in [0.5, 0.6) is 0 Å². The summed E-state index contributed by atoms with van der Waals surface area (Å²) < 4.78 is 11.2. The van der Waals surface area contributed by atoms with E-state index in [2.05, 4.69) is 65.6 Å². The minimum absolute atomic E-state index is 0. The highest BCUT2D eigenvalue weighted by Crippen LogP contribution is 2.10. The Morgan fingerprint density at radius 1 is 0.815 bits per heavy atom. The van der Waals surface area contributed by atoms with Crippen molar-refractivity contribution in [2.75, 3.05) is 40.5 Å². The molecule has 0 saturated carbocycles. The summed E-state index contributed by atoms with van der Waals surface area (Å²) in [4.78, 5) is 4.13. The van der Waals surface area contributed by atoms with Crippen LogP contribution in [0.1, 0.15) is 11.1 Å². The molecule has 1 saturated heterocycles. The lowest BCUT2D eigenvalue weighted by molar-refractivity contribution is -0.968. The fourth-order valence-corrected chi connectivity index (χ4v) is 4.08. The summed E-state index contributed by atoms with van der Waals surface area (Å²) in [5.74, 6) is 0. The molecule has 2 aromatic carbocycles. The Bertz CT molecular complexity index is 625. The Balaban J connectivity index is 0.00000261. The summed E-state index contributed by atoms with van der Waals surface area (Å²) in [6.07, 6.45) is 0. The SMILES string of the molecule is COC[C@H]1CN(Cc2ccccc2)C[C@H](COC)[NH+]1Cc1ccccc1.[I-]. The van der Waals surface area contributed by atoms with E-state index in [1.165, 1.54) is 11.1 Å². The van der Waals surface area contributed by atoms with Crippen LogP contribution in [0.3, 0.4) is 0 Å². The van der Waals surface area contributed by atoms with Gasteiger partial charge in [0, 0.05) is 26.3 Å². The molecule has 1 heterocycles. The zero-order valence-corrected chi connectivity index (χ0v) is 18.5. The topological polar surface area (TPSA) is 26.1 Å². The van der Waals surface area contributed by atoms with Crippen molar-refractivity contribution in [3.05, 3.63) is 71.8 Å². The second-order valence-corrected chi connectivity index (χ2v) is 7.22. The molecule has 0 aromatic heterocycles. The number of hydrogen-bond donors (Lipinski definition) is 1. The molecular formula is C22H31IN2O2. The molecule has 3 rings (SSSR count). The van der Waals surface area contributed by atoms with Gasteiger partial charge in [0.2, 0.25) is 0 Å². The predicted octanol–water partition coefficient (Wildman–Crippen LogP) is -1.38. The molecule has 27 heavy (non-hydrogen) atoms. The first-order valence-electron chi connectivity index (χ1n) is 9.43. The third kappa shape index (κ3) is 6.54. The first-order valence-corrected chi connectivity index (χ1v) is 9.43. The summed E-state index contributed by atoms with van der Waals surface area (Å²) in [5, 5.41) is 0. The van der Waals surface area contributed by atoms with E-state index >= 15 is 0 Å². The average molecular weight is 482 g/mol. The fraction of sp³-hybridized carbons (Fsp3) is 0.455. The van der Waals surface area contributed by atoms with Gasteiger partial charge in [-0.1, -0.05) is 60.7 Å². The van der Waals surface area contributed by atoms with Crippen LogP contribution in [0.2, 0.25) is 0 Å². The largest absolute Gasteiger partial charge is 1.00 e. The first-order chi connectivity index (χ1) is 12.8. The highest BCUT2D eigenvalue weighted by atomic mass is 127. The Hall–Kier alpha value is -0.990. The number of nitrogens with zero attached hydrogens (tertiary/aromatic N) is 1. The van der Waals surface area contributed by atoms with Gasteiger partial charge in [0.15, 0.2) is 0 Å². The minimum Gasteiger partial charge on any atom is -1.00 e. The average Bonchev–Trinajstić information content (AvgIpc) is 2.66. The number of rotatable bonds is 8. The van der Waals surface area contributed by atoms with Gasteiger partial charge in [0.05, 0.1) is 26.3 Å². The monoisotopic (exact) mass is 482 g/mol. The molecule has 0 aliphatic carbocycles. The maximum absolute atomic E-state index is 5.59. The summed E-state index contributed by atoms with van der Waals surface area (Å²) in [6.45, 7) is 5.64. The van der Waals surface area contributed by atoms with Crippen molar-refractivity contribution in [1.29, 1.82) is 0 Å². The lowest BCUT2D eigenvalue weighted by atomic mass is 10.0. The maximum atomic E-state index is 5.59. The fourth-order valence-electron chi connectivity index (χ4n) is 4.08. The van der Waals surface area contributed by atoms with Gasteiger partial charge in [-0.15, -0.1) is 0 Å². The first kappa shape index (κ1) is 22.3. The zero-order valence-electron chi connectivity index (χ0n) is 16.3. The number of methoxy groups -OCH3 is 2. The molecule has 0 bridgehead atoms. The second kappa shape index (κ2) is 11.8. The van der Waals surface area contributed by atoms with E-state index in [9.17, 15) is 0 Å². The van der Waals surface area contributed by atoms with Gasteiger partial charge in [0.1, 0.15) is 18.6 Å². The van der Waals surface area contributed by atoms with Crippen molar-refractivity contribution in [3.8, 4) is 0 Å². The van der Waals surface area contributed by atoms with Gasteiger partial charge >= 0.3 is 0 Å². The summed E-state index contributed by atoms with van der Waals surface area (Å²) in [5.41, 5.74) is 2.74. The molecule has 0 spiro atoms. The van der Waals surface area contributed by atoms with Crippen molar-refractivity contribution in [1.82, 2.24) is 4.90 Å². The van der Waals surface area contributed by atoms with E-state index in [0.29, 0.717) is 12.1 Å². The molecule has 148 valence electrons. The van der Waals surface area contributed by atoms with Crippen LogP contribution in [0.15, 0.2) is 60.7 Å². The molecule has 0 unspecified atom stereocenters. The van der Waals surface area contributed by atoms with Crippen molar-refractivity contribution < 1.29 is 38.4 Å². The smallest absolute Gasteiger partial charge is 0.124 e. The number of ether oxygens (including phenoxy) is 2. The molecule has 2 aromatic rings. The van der Waals surface area contributed by atoms with Crippen LogP contribution in [-0.2, 0) is 22.6 Å². The summed E-state index contributed by atoms with van der Waals surface area (Å²) in [6, 6.07) is 22.4. The highest BCUT2D eigenvalue weighted by Gasteiger charge is 2.38. The molecule has 0 amide bonds. The van der Waals surface area contributed by atoms with Gasteiger partial charge in [-0.05, 0) is 5.56 Å². The number of quaternary nitrogens is 1. The van der Waals surface area contributed by atoms with Crippen LogP contribution >= 0.6 is 0 Å². The Morgan fingerprint density at radius 3 is 1.78 bits per heavy atom. The standard InChI is InChI=1S/C22H30N2O2.HI/c1-25-17-21-15-23(13-19-9-5-3-6-10-19)16-22(18-26-2)24(21)14-20-11-7-4-8-12-20;/h3-12,21-22H,13-18H2,1-2H3;1H/t21-,22-;/m1./s1. The van der Waals surface area contributed by atoms with Crippen molar-refractivity contribution in [2.45, 2.75) is 25.2 Å². The summed E-state index contributed by atoms with van der Waals surface area (Å²) in [7, 11) is 3.61. The van der Waals surface area contributed by atoms with Crippen molar-refractivity contribution >= 4 is 0 Å². The molecule has 1 aliphatic rings. The van der Waals surface area contributed by atoms with Gasteiger partial charge in [0.25, 0.3) is 0 Å². The molecule has 1 N–H and O–H groups in total. The van der Waals surface area contributed by atoms with Crippen LogP contribution < -0.4 is 28.9 Å². The van der Waals surface area contributed by atoms with Crippen molar-refractivity contribution in [2.24, 2.45) is 0 Å². The second-order valence-electron chi connectivity index (χ2n) is 7.22. The Morgan fingerprint density at radius 2 is 1.30 bits per heavy atom. The molecular weight excluding hydrogens is 451 g/mol. The van der Waals surface area contributed by atoms with E-state index < -0.39 is 0 Å². The van der Waals surface area contributed by atoms with Gasteiger partial charge in [-0.25, -0.2) is 0 Å². The van der Waals surface area contributed by atoms with Gasteiger partial charge in [-0.3, -0.25) is 4.90 Å². The maximum Gasteiger partial charge on any atom is 0.124 e. The van der Waals surface area contributed by atoms with Crippen LogP contribution in [0.4, 0.5) is 0 Å². The molecule has 5 heteroatoms. The van der Waals surface area contributed by atoms with Gasteiger partial charge in [-0.2, -0.15) is 0 Å². The number of piperazine rings is 1. The van der Waals surface area contributed by atoms with Gasteiger partial charge < -0.3 is 38.4 Å². The Labute approximate surface area is 180 Å². The van der Waals surface area contributed by atoms with Crippen LogP contribution in [0, 0.1) is 0 Å². The Kier molecular flexibility index (Phi) is 9.72. The molecule has 1 fully saturated rings. The highest BCUT2D eigenvalue weighted by molar-refractivity contribution is 5.15. The van der Waals surface area contributed by atoms with Crippen molar-refractivity contribution in [3.63, 3.8) is 0 Å². The third-order valence-electron chi connectivity index (χ3n) is 5.24. The normalized spacial score (nSPS) is 21.0. The van der Waals surface area contributed by atoms with E-state index in [0.717, 1.165) is 39.4 Å². The number of halogens is 1. The number of nitrogens with one attached hydrogen (secondary N) is 1. The lowest BCUT2D eigenvalue weighted by Gasteiger charge is -2.43. The van der Waals surface area contributed by atoms with E-state index in [1.807, 2.05) is 14.2 Å². The van der Waals surface area contributed by atoms with Crippen LogP contribution in [0.25, 0.3) is 0 Å². The molecule has 1 aliphatic heterocycles. The molecule has 2 atom stereocenters. The lowest BCUT2D eigenvalue weighted by Crippen LogP contribution is -3.22. The number of hydrogen-bond acceptors (Lipinski definition) is 3. The predicted molar refractivity (Wildman–Crippen MR) is 104 cm³/mol. The number of benzene rings is 2. The summed E-state index contributed by atoms with van der Waals surface area (Å²) >= 11 is 0. The van der Waals surface area contributed by atoms with E-state index in [1.54, 1.807) is 4.90 Å². The quantitative estimate of drug-likeness (QED) is 0.470. The third-order valence-corrected chi connectivity index (χ3v) is 5.24. The van der Waals surface area contributed by atoms with E-state index in [4.69, 9.17) is 9.47 Å².